The number of nitrogens with zero attached hydrogens (tertiary/aromatic N) is 2. The Balaban J connectivity index is 2.02. The Hall–Kier alpha value is -1.49. The van der Waals surface area contributed by atoms with E-state index >= 15 is 0 Å². The molecule has 1 aromatic rings. The summed E-state index contributed by atoms with van der Waals surface area (Å²) in [6.45, 7) is 6.98. The molecule has 19 heavy (non-hydrogen) atoms. The lowest BCUT2D eigenvalue weighted by Crippen LogP contribution is -2.34. The largest absolute Gasteiger partial charge is 0.327 e. The van der Waals surface area contributed by atoms with E-state index in [1.165, 1.54) is 11.1 Å². The second-order valence-electron chi connectivity index (χ2n) is 4.84. The van der Waals surface area contributed by atoms with E-state index in [1.54, 1.807) is 23.7 Å². The molecule has 0 fully saturated rings. The number of carbonyl (C=O) groups excluding carboxylic acids is 1. The maximum absolute atomic E-state index is 12.1. The number of hydrogen-bond donors (Lipinski definition) is 1. The van der Waals surface area contributed by atoms with Gasteiger partial charge in [0.2, 0.25) is 0 Å². The third-order valence-electron chi connectivity index (χ3n) is 3.14. The molecule has 102 valence electrons. The van der Waals surface area contributed by atoms with Crippen LogP contribution in [-0.2, 0) is 0 Å². The minimum absolute atomic E-state index is 0.149. The molecule has 1 N–H and O–H groups in total. The second-order valence-corrected chi connectivity index (χ2v) is 6.25. The van der Waals surface area contributed by atoms with Crippen LogP contribution in [0.5, 0.6) is 0 Å². The van der Waals surface area contributed by atoms with E-state index < -0.39 is 0 Å². The van der Waals surface area contributed by atoms with Gasteiger partial charge in [-0.25, -0.2) is 4.79 Å². The molecule has 0 radical (unpaired) electrons. The van der Waals surface area contributed by atoms with Crippen molar-refractivity contribution in [1.29, 1.82) is 0 Å². The molecule has 1 aliphatic heterocycles. The van der Waals surface area contributed by atoms with E-state index in [9.17, 15) is 4.79 Å². The average Bonchev–Trinajstić information content (AvgIpc) is 2.79. The fourth-order valence-corrected chi connectivity index (χ4v) is 2.66. The number of amidine groups is 1. The van der Waals surface area contributed by atoms with Gasteiger partial charge < -0.3 is 5.32 Å². The zero-order valence-corrected chi connectivity index (χ0v) is 12.5. The highest BCUT2D eigenvalue weighted by atomic mass is 32.2. The SMILES string of the molecule is Cc1ccc(NC(=O)N(C)C2=NCC(C)S2)cc1C. The zero-order valence-electron chi connectivity index (χ0n) is 11.7. The second kappa shape index (κ2) is 5.65. The summed E-state index contributed by atoms with van der Waals surface area (Å²) in [5, 5.41) is 4.13. The first-order chi connectivity index (χ1) is 8.97. The molecular weight excluding hydrogens is 258 g/mol. The average molecular weight is 277 g/mol. The molecule has 0 aromatic heterocycles. The summed E-state index contributed by atoms with van der Waals surface area (Å²) in [4.78, 5) is 18.1. The van der Waals surface area contributed by atoms with Crippen LogP contribution in [0.3, 0.4) is 0 Å². The van der Waals surface area contributed by atoms with Crippen molar-refractivity contribution in [2.45, 2.75) is 26.0 Å². The number of anilines is 1. The molecular formula is C14H19N3OS. The first-order valence-electron chi connectivity index (χ1n) is 6.30. The van der Waals surface area contributed by atoms with Gasteiger partial charge in [0.15, 0.2) is 5.17 Å². The zero-order chi connectivity index (χ0) is 14.0. The number of carbonyl (C=O) groups is 1. The topological polar surface area (TPSA) is 44.7 Å². The quantitative estimate of drug-likeness (QED) is 0.856. The number of nitrogens with one attached hydrogen (secondary N) is 1. The van der Waals surface area contributed by atoms with Crippen molar-refractivity contribution in [3.8, 4) is 0 Å². The van der Waals surface area contributed by atoms with Crippen molar-refractivity contribution in [3.63, 3.8) is 0 Å². The smallest absolute Gasteiger partial charge is 0.307 e. The summed E-state index contributed by atoms with van der Waals surface area (Å²) < 4.78 is 0. The standard InChI is InChI=1S/C14H19N3OS/c1-9-5-6-12(7-10(9)2)16-13(18)17(4)14-15-8-11(3)19-14/h5-7,11H,8H2,1-4H3,(H,16,18). The number of aryl methyl sites for hydroxylation is 2. The Morgan fingerprint density at radius 2 is 2.16 bits per heavy atom. The predicted octanol–water partition coefficient (Wildman–Crippen LogP) is 3.26. The maximum Gasteiger partial charge on any atom is 0.327 e. The highest BCUT2D eigenvalue weighted by Crippen LogP contribution is 2.22. The summed E-state index contributed by atoms with van der Waals surface area (Å²) in [5.74, 6) is 0. The molecule has 0 spiro atoms. The lowest BCUT2D eigenvalue weighted by atomic mass is 10.1. The van der Waals surface area contributed by atoms with Crippen LogP contribution in [0.25, 0.3) is 0 Å². The Labute approximate surface area is 118 Å². The highest BCUT2D eigenvalue weighted by Gasteiger charge is 2.22. The molecule has 1 heterocycles. The number of urea groups is 1. The van der Waals surface area contributed by atoms with Gasteiger partial charge >= 0.3 is 6.03 Å². The normalized spacial score (nSPS) is 18.1. The maximum atomic E-state index is 12.1. The Morgan fingerprint density at radius 1 is 1.42 bits per heavy atom. The van der Waals surface area contributed by atoms with Gasteiger partial charge in [-0.1, -0.05) is 24.8 Å². The van der Waals surface area contributed by atoms with Crippen molar-refractivity contribution in [2.75, 3.05) is 18.9 Å². The number of thioether (sulfide) groups is 1. The van der Waals surface area contributed by atoms with Crippen LogP contribution in [0.1, 0.15) is 18.1 Å². The monoisotopic (exact) mass is 277 g/mol. The number of hydrogen-bond acceptors (Lipinski definition) is 3. The van der Waals surface area contributed by atoms with Crippen LogP contribution in [0, 0.1) is 13.8 Å². The number of aliphatic imine (C=N–C) groups is 1. The first-order valence-corrected chi connectivity index (χ1v) is 7.18. The van der Waals surface area contributed by atoms with Crippen LogP contribution in [0.15, 0.2) is 23.2 Å². The lowest BCUT2D eigenvalue weighted by molar-refractivity contribution is 0.239. The summed E-state index contributed by atoms with van der Waals surface area (Å²) in [5.41, 5.74) is 3.20. The molecule has 1 atom stereocenters. The van der Waals surface area contributed by atoms with Crippen LogP contribution in [0.4, 0.5) is 10.5 Å². The summed E-state index contributed by atoms with van der Waals surface area (Å²) in [7, 11) is 1.75. The lowest BCUT2D eigenvalue weighted by Gasteiger charge is -2.17. The molecule has 0 aliphatic carbocycles. The number of amides is 2. The molecule has 2 amide bonds. The van der Waals surface area contributed by atoms with E-state index in [2.05, 4.69) is 24.2 Å². The van der Waals surface area contributed by atoms with Crippen LogP contribution in [0.2, 0.25) is 0 Å². The number of rotatable bonds is 1. The molecule has 0 saturated carbocycles. The fraction of sp³-hybridized carbons (Fsp3) is 0.429. The minimum Gasteiger partial charge on any atom is -0.307 e. The molecule has 5 heteroatoms. The third kappa shape index (κ3) is 3.29. The van der Waals surface area contributed by atoms with Gasteiger partial charge in [0, 0.05) is 18.0 Å². The van der Waals surface area contributed by atoms with Gasteiger partial charge in [0.25, 0.3) is 0 Å². The van der Waals surface area contributed by atoms with Gasteiger partial charge in [-0.2, -0.15) is 0 Å². The van der Waals surface area contributed by atoms with E-state index in [4.69, 9.17) is 0 Å². The molecule has 1 aliphatic rings. The van der Waals surface area contributed by atoms with Crippen molar-refractivity contribution < 1.29 is 4.79 Å². The van der Waals surface area contributed by atoms with Gasteiger partial charge in [0.1, 0.15) is 0 Å². The third-order valence-corrected chi connectivity index (χ3v) is 4.31. The molecule has 2 rings (SSSR count). The van der Waals surface area contributed by atoms with Gasteiger partial charge in [-0.3, -0.25) is 9.89 Å². The van der Waals surface area contributed by atoms with E-state index in [0.29, 0.717) is 5.25 Å². The number of benzene rings is 1. The van der Waals surface area contributed by atoms with E-state index in [1.807, 2.05) is 25.1 Å². The van der Waals surface area contributed by atoms with Gasteiger partial charge in [0.05, 0.1) is 6.54 Å². The van der Waals surface area contributed by atoms with Gasteiger partial charge in [-0.05, 0) is 37.1 Å². The Morgan fingerprint density at radius 3 is 2.74 bits per heavy atom. The summed E-state index contributed by atoms with van der Waals surface area (Å²) >= 11 is 1.63. The molecule has 1 unspecified atom stereocenters. The highest BCUT2D eigenvalue weighted by molar-refractivity contribution is 8.14. The molecule has 4 nitrogen and oxygen atoms in total. The van der Waals surface area contributed by atoms with Crippen molar-refractivity contribution >= 4 is 28.6 Å². The fourth-order valence-electron chi connectivity index (χ4n) is 1.76. The van der Waals surface area contributed by atoms with Crippen LogP contribution >= 0.6 is 11.8 Å². The summed E-state index contributed by atoms with van der Waals surface area (Å²) in [6, 6.07) is 5.76. The summed E-state index contributed by atoms with van der Waals surface area (Å²) in [6.07, 6.45) is 0. The van der Waals surface area contributed by atoms with Crippen molar-refractivity contribution in [2.24, 2.45) is 4.99 Å². The van der Waals surface area contributed by atoms with E-state index in [0.717, 1.165) is 17.4 Å². The van der Waals surface area contributed by atoms with Crippen molar-refractivity contribution in [3.05, 3.63) is 29.3 Å². The molecule has 1 aromatic carbocycles. The minimum atomic E-state index is -0.149. The molecule has 0 bridgehead atoms. The first kappa shape index (κ1) is 13.9. The van der Waals surface area contributed by atoms with E-state index in [-0.39, 0.29) is 6.03 Å². The Kier molecular flexibility index (Phi) is 4.14. The molecule has 0 saturated heterocycles. The van der Waals surface area contributed by atoms with Crippen LogP contribution in [-0.4, -0.2) is 34.9 Å². The van der Waals surface area contributed by atoms with Gasteiger partial charge in [-0.15, -0.1) is 0 Å². The Bertz CT molecular complexity index is 527. The van der Waals surface area contributed by atoms with Crippen LogP contribution < -0.4 is 5.32 Å². The van der Waals surface area contributed by atoms with Crippen molar-refractivity contribution in [1.82, 2.24) is 4.90 Å². The predicted molar refractivity (Wildman–Crippen MR) is 82.1 cm³/mol.